The molecule has 0 spiro atoms. The lowest BCUT2D eigenvalue weighted by molar-refractivity contribution is -0.140. The fraction of sp³-hybridized carbons (Fsp3) is 0.486. The van der Waals surface area contributed by atoms with E-state index in [1.807, 2.05) is 78.8 Å². The lowest BCUT2D eigenvalue weighted by atomic mass is 9.76. The van der Waals surface area contributed by atoms with E-state index in [1.165, 1.54) is 24.0 Å². The van der Waals surface area contributed by atoms with Gasteiger partial charge in [-0.25, -0.2) is 18.0 Å². The predicted molar refractivity (Wildman–Crippen MR) is 182 cm³/mol. The van der Waals surface area contributed by atoms with Crippen LogP contribution in [0.25, 0.3) is 4.85 Å². The van der Waals surface area contributed by atoms with Gasteiger partial charge in [-0.05, 0) is 36.4 Å². The summed E-state index contributed by atoms with van der Waals surface area (Å²) in [6.07, 6.45) is 1.57. The number of hydrogen-bond acceptors (Lipinski definition) is 6. The quantitative estimate of drug-likeness (QED) is 0.213. The van der Waals surface area contributed by atoms with Gasteiger partial charge in [0.05, 0.1) is 24.4 Å². The molecule has 46 heavy (non-hydrogen) atoms. The third-order valence-corrected chi connectivity index (χ3v) is 9.34. The Morgan fingerprint density at radius 2 is 1.52 bits per heavy atom. The summed E-state index contributed by atoms with van der Waals surface area (Å²) >= 11 is 0. The van der Waals surface area contributed by atoms with Gasteiger partial charge in [0.25, 0.3) is 5.91 Å². The minimum atomic E-state index is -4.11. The molecule has 250 valence electrons. The molecule has 0 radical (unpaired) electrons. The van der Waals surface area contributed by atoms with Gasteiger partial charge in [-0.15, -0.1) is 0 Å². The molecule has 10 nitrogen and oxygen atoms in total. The lowest BCUT2D eigenvalue weighted by Gasteiger charge is -2.40. The SMILES string of the molecule is [C-]#[N+]c1ccccc1CS(=O)(=O)NC(=O)/C(C)=C/[C@H](C(C)C)N(C)C(=O)C(NC(=O)[C@@H](NC)C(C)(C)c1ccccc1)C(C)(C)C. The Hall–Kier alpha value is -4.01. The molecule has 0 bridgehead atoms. The van der Waals surface area contributed by atoms with Crippen LogP contribution in [0.15, 0.2) is 66.2 Å². The minimum Gasteiger partial charge on any atom is -0.342 e. The van der Waals surface area contributed by atoms with E-state index in [2.05, 4.69) is 20.2 Å². The zero-order valence-electron chi connectivity index (χ0n) is 28.6. The first kappa shape index (κ1) is 38.2. The van der Waals surface area contributed by atoms with Crippen LogP contribution in [0.4, 0.5) is 5.69 Å². The van der Waals surface area contributed by atoms with Crippen molar-refractivity contribution in [2.24, 2.45) is 11.3 Å². The number of para-hydroxylation sites is 1. The molecule has 0 aromatic heterocycles. The molecule has 0 aliphatic carbocycles. The summed E-state index contributed by atoms with van der Waals surface area (Å²) in [6.45, 7) is 22.1. The van der Waals surface area contributed by atoms with E-state index < -0.39 is 50.6 Å². The summed E-state index contributed by atoms with van der Waals surface area (Å²) in [6, 6.07) is 13.9. The van der Waals surface area contributed by atoms with Gasteiger partial charge in [-0.2, -0.15) is 0 Å². The number of nitrogens with one attached hydrogen (secondary N) is 3. The molecule has 2 rings (SSSR count). The highest BCUT2D eigenvalue weighted by atomic mass is 32.2. The van der Waals surface area contributed by atoms with Crippen LogP contribution in [0.5, 0.6) is 0 Å². The molecule has 0 saturated carbocycles. The van der Waals surface area contributed by atoms with Crippen LogP contribution in [0, 0.1) is 17.9 Å². The topological polar surface area (TPSA) is 129 Å². The number of amides is 3. The largest absolute Gasteiger partial charge is 0.342 e. The van der Waals surface area contributed by atoms with E-state index in [0.717, 1.165) is 5.56 Å². The molecule has 0 fully saturated rings. The Morgan fingerprint density at radius 3 is 2.04 bits per heavy atom. The van der Waals surface area contributed by atoms with Gasteiger partial charge >= 0.3 is 0 Å². The van der Waals surface area contributed by atoms with Crippen molar-refractivity contribution in [1.82, 2.24) is 20.3 Å². The van der Waals surface area contributed by atoms with Gasteiger partial charge in [0, 0.05) is 18.0 Å². The van der Waals surface area contributed by atoms with Crippen LogP contribution in [0.1, 0.15) is 66.5 Å². The van der Waals surface area contributed by atoms with Crippen molar-refractivity contribution in [3.8, 4) is 0 Å². The Morgan fingerprint density at radius 1 is 0.957 bits per heavy atom. The highest BCUT2D eigenvalue weighted by molar-refractivity contribution is 7.89. The first-order valence-electron chi connectivity index (χ1n) is 15.2. The smallest absolute Gasteiger partial charge is 0.260 e. The molecule has 2 aromatic carbocycles. The van der Waals surface area contributed by atoms with Crippen molar-refractivity contribution in [1.29, 1.82) is 0 Å². The summed E-state index contributed by atoms with van der Waals surface area (Å²) in [5.41, 5.74) is 0.298. The summed E-state index contributed by atoms with van der Waals surface area (Å²) < 4.78 is 27.7. The number of nitrogens with zero attached hydrogens (tertiary/aromatic N) is 2. The third-order valence-electron chi connectivity index (χ3n) is 8.15. The molecule has 3 amide bonds. The molecule has 11 heteroatoms. The van der Waals surface area contributed by atoms with Gasteiger partial charge < -0.3 is 15.5 Å². The van der Waals surface area contributed by atoms with E-state index in [0.29, 0.717) is 0 Å². The summed E-state index contributed by atoms with van der Waals surface area (Å²) in [4.78, 5) is 45.7. The molecule has 0 aliphatic heterocycles. The van der Waals surface area contributed by atoms with Crippen LogP contribution < -0.4 is 15.4 Å². The van der Waals surface area contributed by atoms with Crippen molar-refractivity contribution in [2.45, 2.75) is 84.7 Å². The third kappa shape index (κ3) is 9.74. The average Bonchev–Trinajstić information content (AvgIpc) is 2.97. The zero-order chi connectivity index (χ0) is 35.0. The fourth-order valence-corrected chi connectivity index (χ4v) is 6.54. The maximum atomic E-state index is 14.1. The normalized spacial score (nSPS) is 14.5. The Kier molecular flexibility index (Phi) is 12.9. The zero-order valence-corrected chi connectivity index (χ0v) is 29.5. The van der Waals surface area contributed by atoms with Crippen molar-refractivity contribution < 1.29 is 22.8 Å². The lowest BCUT2D eigenvalue weighted by Crippen LogP contribution is -2.61. The standard InChI is InChI=1S/C35H49N5O5S/c1-23(2)28(21-24(3)31(41)39-46(44,45)22-25-17-15-16-20-27(25)36-9)40(11)33(43)30(34(4,5)6)38-32(42)29(37-10)35(7,8)26-18-13-12-14-19-26/h12-21,23,28-30,37H,22H2,1-8,10-11H3,(H,38,42)(H,39,41)/b24-21+/t28-,29-,30?/m1/s1. The number of carbonyl (C=O) groups excluding carboxylic acids is 3. The number of likely N-dealkylation sites (N-methyl/N-ethyl adjacent to an activating group) is 2. The number of benzene rings is 2. The Balaban J connectivity index is 2.31. The predicted octanol–water partition coefficient (Wildman–Crippen LogP) is 4.71. The Labute approximate surface area is 274 Å². The molecule has 0 saturated heterocycles. The maximum Gasteiger partial charge on any atom is 0.260 e. The van der Waals surface area contributed by atoms with Crippen molar-refractivity contribution >= 4 is 33.4 Å². The Bertz CT molecular complexity index is 1570. The van der Waals surface area contributed by atoms with Crippen molar-refractivity contribution in [3.05, 3.63) is 88.8 Å². The van der Waals surface area contributed by atoms with Crippen LogP contribution in [-0.2, 0) is 35.6 Å². The summed E-state index contributed by atoms with van der Waals surface area (Å²) in [5.74, 6) is -2.18. The second-order valence-corrected chi connectivity index (χ2v) is 15.3. The first-order chi connectivity index (χ1) is 21.3. The second kappa shape index (κ2) is 15.5. The maximum absolute atomic E-state index is 14.1. The molecular formula is C35H49N5O5S. The second-order valence-electron chi connectivity index (χ2n) is 13.6. The monoisotopic (exact) mass is 651 g/mol. The highest BCUT2D eigenvalue weighted by Gasteiger charge is 2.41. The molecule has 1 unspecified atom stereocenters. The van der Waals surface area contributed by atoms with E-state index in [9.17, 15) is 22.8 Å². The van der Waals surface area contributed by atoms with Gasteiger partial charge in [-0.3, -0.25) is 14.4 Å². The number of sulfonamides is 1. The summed E-state index contributed by atoms with van der Waals surface area (Å²) in [5, 5.41) is 6.14. The van der Waals surface area contributed by atoms with Crippen molar-refractivity contribution in [3.63, 3.8) is 0 Å². The van der Waals surface area contributed by atoms with Crippen LogP contribution in [0.2, 0.25) is 0 Å². The number of hydrogen-bond donors (Lipinski definition) is 3. The number of rotatable bonds is 13. The van der Waals surface area contributed by atoms with Crippen LogP contribution in [-0.4, -0.2) is 63.3 Å². The number of carbonyl (C=O) groups is 3. The van der Waals surface area contributed by atoms with Crippen LogP contribution >= 0.6 is 0 Å². The minimum absolute atomic E-state index is 0.108. The van der Waals surface area contributed by atoms with Gasteiger partial charge in [0.15, 0.2) is 5.69 Å². The first-order valence-corrected chi connectivity index (χ1v) is 16.9. The van der Waals surface area contributed by atoms with E-state index in [-0.39, 0.29) is 34.6 Å². The van der Waals surface area contributed by atoms with Gasteiger partial charge in [0.1, 0.15) is 6.04 Å². The summed E-state index contributed by atoms with van der Waals surface area (Å²) in [7, 11) is -0.784. The molecular weight excluding hydrogens is 602 g/mol. The average molecular weight is 652 g/mol. The highest BCUT2D eigenvalue weighted by Crippen LogP contribution is 2.29. The molecule has 3 N–H and O–H groups in total. The molecule has 2 aromatic rings. The van der Waals surface area contributed by atoms with E-state index in [1.54, 1.807) is 32.3 Å². The van der Waals surface area contributed by atoms with Crippen LogP contribution in [0.3, 0.4) is 0 Å². The van der Waals surface area contributed by atoms with E-state index >= 15 is 0 Å². The molecule has 0 aliphatic rings. The van der Waals surface area contributed by atoms with Gasteiger partial charge in [-0.1, -0.05) is 109 Å². The molecule has 3 atom stereocenters. The fourth-order valence-electron chi connectivity index (χ4n) is 5.37. The van der Waals surface area contributed by atoms with Gasteiger partial charge in [0.2, 0.25) is 21.8 Å². The molecule has 0 heterocycles. The van der Waals surface area contributed by atoms with Crippen molar-refractivity contribution in [2.75, 3.05) is 14.1 Å². The van der Waals surface area contributed by atoms with E-state index in [4.69, 9.17) is 6.57 Å².